The Balaban J connectivity index is 2.15. The first-order valence-electron chi connectivity index (χ1n) is 6.44. The lowest BCUT2D eigenvalue weighted by Gasteiger charge is -2.11. The van der Waals surface area contributed by atoms with Crippen molar-refractivity contribution in [3.05, 3.63) is 71.8 Å². The zero-order valence-corrected chi connectivity index (χ0v) is 11.8. The zero-order chi connectivity index (χ0) is 15.0. The highest BCUT2D eigenvalue weighted by Crippen LogP contribution is 2.42. The van der Waals surface area contributed by atoms with Crippen molar-refractivity contribution in [3.8, 4) is 0 Å². The van der Waals surface area contributed by atoms with Crippen molar-refractivity contribution < 1.29 is 18.0 Å². The first kappa shape index (κ1) is 13.7. The number of sulfone groups is 1. The van der Waals surface area contributed by atoms with Gasteiger partial charge in [-0.2, -0.15) is 0 Å². The quantitative estimate of drug-likeness (QED) is 0.796. The Kier molecular flexibility index (Phi) is 3.22. The average Bonchev–Trinajstić information content (AvgIpc) is 2.66. The maximum Gasteiger partial charge on any atom is 0.222 e. The molecule has 2 aromatic rings. The van der Waals surface area contributed by atoms with E-state index in [1.54, 1.807) is 60.7 Å². The third kappa shape index (κ3) is 2.10. The molecule has 2 aromatic carbocycles. The van der Waals surface area contributed by atoms with Gasteiger partial charge in [0.2, 0.25) is 11.6 Å². The van der Waals surface area contributed by atoms with Gasteiger partial charge in [-0.15, -0.1) is 0 Å². The van der Waals surface area contributed by atoms with Crippen LogP contribution in [0.1, 0.15) is 21.6 Å². The van der Waals surface area contributed by atoms with E-state index in [2.05, 4.69) is 0 Å². The molecule has 0 saturated carbocycles. The third-order valence-corrected chi connectivity index (χ3v) is 5.87. The molecule has 0 aliphatic carbocycles. The molecule has 1 saturated heterocycles. The van der Waals surface area contributed by atoms with Crippen molar-refractivity contribution in [2.45, 2.75) is 10.5 Å². The number of carbonyl (C=O) groups excluding carboxylic acids is 2. The van der Waals surface area contributed by atoms with Crippen LogP contribution in [0.15, 0.2) is 60.7 Å². The topological polar surface area (TPSA) is 68.3 Å². The maximum atomic E-state index is 12.7. The zero-order valence-electron chi connectivity index (χ0n) is 11.0. The molecule has 1 aliphatic heterocycles. The molecule has 0 aromatic heterocycles. The predicted octanol–water partition coefficient (Wildman–Crippen LogP) is 2.04. The second kappa shape index (κ2) is 4.93. The lowest BCUT2D eigenvalue weighted by Crippen LogP contribution is -2.15. The summed E-state index contributed by atoms with van der Waals surface area (Å²) in [7, 11) is -3.93. The van der Waals surface area contributed by atoms with Gasteiger partial charge < -0.3 is 0 Å². The van der Waals surface area contributed by atoms with E-state index in [-0.39, 0.29) is 0 Å². The van der Waals surface area contributed by atoms with Crippen molar-refractivity contribution in [2.24, 2.45) is 0 Å². The summed E-state index contributed by atoms with van der Waals surface area (Å²) in [4.78, 5) is 24.4. The highest BCUT2D eigenvalue weighted by atomic mass is 32.2. The van der Waals surface area contributed by atoms with Crippen LogP contribution in [0.4, 0.5) is 0 Å². The predicted molar refractivity (Wildman–Crippen MR) is 77.3 cm³/mol. The summed E-state index contributed by atoms with van der Waals surface area (Å²) >= 11 is 0. The van der Waals surface area contributed by atoms with Crippen molar-refractivity contribution in [3.63, 3.8) is 0 Å². The van der Waals surface area contributed by atoms with Crippen LogP contribution >= 0.6 is 0 Å². The highest BCUT2D eigenvalue weighted by molar-refractivity contribution is 7.94. The van der Waals surface area contributed by atoms with Crippen molar-refractivity contribution in [1.29, 1.82) is 0 Å². The van der Waals surface area contributed by atoms with Gasteiger partial charge in [0.05, 0.1) is 0 Å². The maximum absolute atomic E-state index is 12.7. The van der Waals surface area contributed by atoms with Crippen LogP contribution in [0, 0.1) is 0 Å². The lowest BCUT2D eigenvalue weighted by molar-refractivity contribution is -0.135. The number of rotatable bonds is 2. The van der Waals surface area contributed by atoms with E-state index >= 15 is 0 Å². The summed E-state index contributed by atoms with van der Waals surface area (Å²) in [6.45, 7) is 0. The number of benzene rings is 2. The van der Waals surface area contributed by atoms with Crippen LogP contribution in [0.3, 0.4) is 0 Å². The fraction of sp³-hybridized carbons (Fsp3) is 0.125. The molecule has 2 atom stereocenters. The molecule has 1 aliphatic rings. The third-order valence-electron chi connectivity index (χ3n) is 3.58. The number of Topliss-reactive ketones (excluding diaryl/α,β-unsaturated/α-hetero) is 2. The number of hydrogen-bond donors (Lipinski definition) is 0. The van der Waals surface area contributed by atoms with Gasteiger partial charge in [0, 0.05) is 0 Å². The molecule has 0 radical (unpaired) electrons. The van der Waals surface area contributed by atoms with Crippen LogP contribution in [0.5, 0.6) is 0 Å². The van der Waals surface area contributed by atoms with Crippen LogP contribution in [0.25, 0.3) is 0 Å². The Labute approximate surface area is 122 Å². The SMILES string of the molecule is O=C1C(=O)[C@H](c2ccccc2)S(=O)(=O)[C@H]1c1ccccc1. The first-order chi connectivity index (χ1) is 10.0. The van der Waals surface area contributed by atoms with Gasteiger partial charge in [-0.1, -0.05) is 60.7 Å². The van der Waals surface area contributed by atoms with Crippen LogP contribution in [-0.4, -0.2) is 20.0 Å². The van der Waals surface area contributed by atoms with Gasteiger partial charge in [-0.05, 0) is 11.1 Å². The second-order valence-electron chi connectivity index (χ2n) is 4.90. The van der Waals surface area contributed by atoms with E-state index in [1.807, 2.05) is 0 Å². The molecule has 0 spiro atoms. The van der Waals surface area contributed by atoms with E-state index in [1.165, 1.54) is 0 Å². The summed E-state index contributed by atoms with van der Waals surface area (Å²) in [5.74, 6) is -1.70. The molecule has 3 rings (SSSR count). The monoisotopic (exact) mass is 300 g/mol. The number of hydrogen-bond acceptors (Lipinski definition) is 4. The summed E-state index contributed by atoms with van der Waals surface area (Å²) < 4.78 is 25.3. The Morgan fingerprint density at radius 1 is 0.619 bits per heavy atom. The number of carbonyl (C=O) groups is 2. The molecule has 106 valence electrons. The molecule has 5 heteroatoms. The van der Waals surface area contributed by atoms with Gasteiger partial charge >= 0.3 is 0 Å². The van der Waals surface area contributed by atoms with E-state index in [0.29, 0.717) is 11.1 Å². The lowest BCUT2D eigenvalue weighted by atomic mass is 10.0. The largest absolute Gasteiger partial charge is 0.289 e. The molecule has 0 amide bonds. The van der Waals surface area contributed by atoms with Crippen molar-refractivity contribution in [1.82, 2.24) is 0 Å². The van der Waals surface area contributed by atoms with E-state index in [0.717, 1.165) is 0 Å². The average molecular weight is 300 g/mol. The molecule has 4 nitrogen and oxygen atoms in total. The minimum absolute atomic E-state index is 0.342. The summed E-state index contributed by atoms with van der Waals surface area (Å²) in [6.07, 6.45) is 0. The van der Waals surface area contributed by atoms with Gasteiger partial charge in [0.25, 0.3) is 0 Å². The Morgan fingerprint density at radius 2 is 0.952 bits per heavy atom. The minimum atomic E-state index is -3.93. The van der Waals surface area contributed by atoms with Gasteiger partial charge in [-0.3, -0.25) is 9.59 Å². The first-order valence-corrected chi connectivity index (χ1v) is 8.05. The molecule has 0 bridgehead atoms. The molecular weight excluding hydrogens is 288 g/mol. The van der Waals surface area contributed by atoms with E-state index in [4.69, 9.17) is 0 Å². The summed E-state index contributed by atoms with van der Waals surface area (Å²) in [5.41, 5.74) is 0.684. The molecule has 0 unspecified atom stereocenters. The Morgan fingerprint density at radius 3 is 1.29 bits per heavy atom. The fourth-order valence-corrected chi connectivity index (χ4v) is 4.80. The molecule has 1 heterocycles. The second-order valence-corrected chi connectivity index (χ2v) is 7.02. The van der Waals surface area contributed by atoms with Gasteiger partial charge in [0.15, 0.2) is 20.3 Å². The molecule has 0 N–H and O–H groups in total. The molecule has 1 fully saturated rings. The summed E-state index contributed by atoms with van der Waals surface area (Å²) in [6, 6.07) is 16.3. The highest BCUT2D eigenvalue weighted by Gasteiger charge is 2.55. The molecule has 21 heavy (non-hydrogen) atoms. The Hall–Kier alpha value is -2.27. The van der Waals surface area contributed by atoms with E-state index < -0.39 is 31.9 Å². The smallest absolute Gasteiger partial charge is 0.222 e. The summed E-state index contributed by atoms with van der Waals surface area (Å²) in [5, 5.41) is -2.78. The standard InChI is InChI=1S/C16H12O4S/c17-13-14(18)16(12-9-5-2-6-10-12)21(19,20)15(13)11-7-3-1-4-8-11/h1-10,15-16H/t15-,16-/m0/s1. The van der Waals surface area contributed by atoms with Crippen molar-refractivity contribution >= 4 is 21.4 Å². The van der Waals surface area contributed by atoms with Crippen LogP contribution in [0.2, 0.25) is 0 Å². The normalized spacial score (nSPS) is 24.2. The minimum Gasteiger partial charge on any atom is -0.289 e. The van der Waals surface area contributed by atoms with Crippen molar-refractivity contribution in [2.75, 3.05) is 0 Å². The Bertz CT molecular complexity index is 731. The molecular formula is C16H12O4S. The van der Waals surface area contributed by atoms with E-state index in [9.17, 15) is 18.0 Å². The van der Waals surface area contributed by atoms with Gasteiger partial charge in [0.1, 0.15) is 0 Å². The van der Waals surface area contributed by atoms with Gasteiger partial charge in [-0.25, -0.2) is 8.42 Å². The van der Waals surface area contributed by atoms with Crippen LogP contribution < -0.4 is 0 Å². The number of ketones is 2. The van der Waals surface area contributed by atoms with Crippen LogP contribution in [-0.2, 0) is 19.4 Å². The fourth-order valence-electron chi connectivity index (χ4n) is 2.63.